The van der Waals surface area contributed by atoms with Gasteiger partial charge in [-0.15, -0.1) is 0 Å². The number of benzene rings is 2. The average Bonchev–Trinajstić information content (AvgIpc) is 2.55. The first-order valence-electron chi connectivity index (χ1n) is 7.34. The van der Waals surface area contributed by atoms with Gasteiger partial charge in [-0.1, -0.05) is 58.4 Å². The number of ether oxygens (including phenoxy) is 2. The molecule has 0 saturated carbocycles. The minimum Gasteiger partial charge on any atom is -0.545 e. The molecule has 0 radical (unpaired) electrons. The van der Waals surface area contributed by atoms with E-state index in [9.17, 15) is 9.90 Å². The Morgan fingerprint density at radius 1 is 1.00 bits per heavy atom. The Balaban J connectivity index is 0.000000777. The third-order valence-corrected chi connectivity index (χ3v) is 3.63. The van der Waals surface area contributed by atoms with E-state index in [-0.39, 0.29) is 58.0 Å². The molecule has 0 amide bonds. The second-order valence-corrected chi connectivity index (χ2v) is 5.31. The van der Waals surface area contributed by atoms with E-state index in [0.717, 1.165) is 34.4 Å². The monoisotopic (exact) mass is 418 g/mol. The van der Waals surface area contributed by atoms with Crippen molar-refractivity contribution in [1.29, 1.82) is 0 Å². The van der Waals surface area contributed by atoms with Gasteiger partial charge in [-0.05, 0) is 36.6 Å². The van der Waals surface area contributed by atoms with Gasteiger partial charge in [-0.25, -0.2) is 0 Å². The molecule has 0 N–H and O–H groups in total. The maximum Gasteiger partial charge on any atom is 1.00 e. The van der Waals surface area contributed by atoms with Crippen molar-refractivity contribution in [2.75, 3.05) is 13.2 Å². The van der Waals surface area contributed by atoms with Gasteiger partial charge in [0.1, 0.15) is 0 Å². The normalized spacial score (nSPS) is 9.29. The van der Waals surface area contributed by atoms with Crippen molar-refractivity contribution in [1.82, 2.24) is 0 Å². The van der Waals surface area contributed by atoms with Crippen molar-refractivity contribution in [3.8, 4) is 11.1 Å². The van der Waals surface area contributed by atoms with Gasteiger partial charge in [0.15, 0.2) is 0 Å². The minimum absolute atomic E-state index is 0. The van der Waals surface area contributed by atoms with Crippen molar-refractivity contribution < 1.29 is 70.8 Å². The summed E-state index contributed by atoms with van der Waals surface area (Å²) in [5.74, 6) is 0. The molecule has 6 heteroatoms. The Bertz CT molecular complexity index is 617. The van der Waals surface area contributed by atoms with Gasteiger partial charge in [0.05, 0.1) is 6.61 Å². The molecule has 24 heavy (non-hydrogen) atoms. The van der Waals surface area contributed by atoms with Crippen molar-refractivity contribution in [3.63, 3.8) is 0 Å². The molecular formula is C18H20BrKO4. The molecule has 0 bridgehead atoms. The zero-order valence-corrected chi connectivity index (χ0v) is 19.0. The fraction of sp³-hybridized carbons (Fsp3) is 0.278. The molecule has 2 rings (SSSR count). The summed E-state index contributed by atoms with van der Waals surface area (Å²) >= 11 is 3.48. The van der Waals surface area contributed by atoms with Crippen LogP contribution in [0.1, 0.15) is 19.4 Å². The third-order valence-electron chi connectivity index (χ3n) is 2.94. The molecule has 0 aromatic heterocycles. The number of carbonyl (C=O) groups excluding carboxylic acids is 1. The van der Waals surface area contributed by atoms with E-state index in [1.54, 1.807) is 0 Å². The molecule has 0 aliphatic rings. The smallest absolute Gasteiger partial charge is 0.545 e. The number of carbonyl (C=O) groups is 1. The average molecular weight is 419 g/mol. The van der Waals surface area contributed by atoms with Crippen LogP contribution in [0, 0.1) is 0 Å². The maximum atomic E-state index is 10.3. The van der Waals surface area contributed by atoms with E-state index in [4.69, 9.17) is 4.74 Å². The zero-order valence-electron chi connectivity index (χ0n) is 14.3. The standard InChI is InChI=1S/C14H11BrO3.C4H10O.K/c15-13-8-4-3-7-12(13)11-6-2-1-5-10(11)9-18-14(16)17;1-3-5-4-2;/h1-8H,9H2,(H,16,17);3-4H2,1-2H3;/q;;+1/p-1. The fourth-order valence-corrected chi connectivity index (χ4v) is 2.43. The zero-order chi connectivity index (χ0) is 17.1. The molecule has 0 spiro atoms. The number of halogens is 1. The summed E-state index contributed by atoms with van der Waals surface area (Å²) in [5.41, 5.74) is 2.73. The van der Waals surface area contributed by atoms with Crippen LogP contribution < -0.4 is 56.5 Å². The molecule has 2 aromatic rings. The van der Waals surface area contributed by atoms with Gasteiger partial charge in [0, 0.05) is 17.7 Å². The van der Waals surface area contributed by atoms with E-state index in [1.807, 2.05) is 62.4 Å². The second-order valence-electron chi connectivity index (χ2n) is 4.46. The van der Waals surface area contributed by atoms with Gasteiger partial charge < -0.3 is 19.4 Å². The topological polar surface area (TPSA) is 58.6 Å². The first kappa shape index (κ1) is 23.8. The Hall–Kier alpha value is -0.214. The van der Waals surface area contributed by atoms with Crippen molar-refractivity contribution in [2.45, 2.75) is 20.5 Å². The number of hydrogen-bond donors (Lipinski definition) is 0. The molecular weight excluding hydrogens is 399 g/mol. The molecule has 4 nitrogen and oxygen atoms in total. The summed E-state index contributed by atoms with van der Waals surface area (Å²) in [5, 5.41) is 10.3. The van der Waals surface area contributed by atoms with Crippen LogP contribution in [0.3, 0.4) is 0 Å². The van der Waals surface area contributed by atoms with Crippen molar-refractivity contribution in [2.24, 2.45) is 0 Å². The summed E-state index contributed by atoms with van der Waals surface area (Å²) < 4.78 is 10.3. The fourth-order valence-electron chi connectivity index (χ4n) is 1.93. The molecule has 0 aliphatic heterocycles. The molecule has 124 valence electrons. The predicted octanol–water partition coefficient (Wildman–Crippen LogP) is 1.02. The Morgan fingerprint density at radius 2 is 1.54 bits per heavy atom. The van der Waals surface area contributed by atoms with E-state index < -0.39 is 6.16 Å². The van der Waals surface area contributed by atoms with Crippen LogP contribution in [0.25, 0.3) is 11.1 Å². The van der Waals surface area contributed by atoms with E-state index in [2.05, 4.69) is 20.7 Å². The summed E-state index contributed by atoms with van der Waals surface area (Å²) in [7, 11) is 0. The minimum atomic E-state index is -1.52. The molecule has 0 saturated heterocycles. The van der Waals surface area contributed by atoms with Crippen LogP contribution >= 0.6 is 15.9 Å². The summed E-state index contributed by atoms with van der Waals surface area (Å²) in [4.78, 5) is 10.3. The van der Waals surface area contributed by atoms with Crippen LogP contribution in [-0.2, 0) is 16.1 Å². The molecule has 2 aromatic carbocycles. The van der Waals surface area contributed by atoms with Crippen molar-refractivity contribution in [3.05, 3.63) is 58.6 Å². The van der Waals surface area contributed by atoms with Crippen LogP contribution in [-0.4, -0.2) is 19.4 Å². The predicted molar refractivity (Wildman–Crippen MR) is 91.9 cm³/mol. The van der Waals surface area contributed by atoms with Crippen LogP contribution in [0.15, 0.2) is 53.0 Å². The van der Waals surface area contributed by atoms with Crippen molar-refractivity contribution >= 4 is 22.1 Å². The summed E-state index contributed by atoms with van der Waals surface area (Å²) in [6, 6.07) is 15.2. The number of hydrogen-bond acceptors (Lipinski definition) is 4. The van der Waals surface area contributed by atoms with E-state index in [1.165, 1.54) is 0 Å². The van der Waals surface area contributed by atoms with Gasteiger partial charge in [-0.2, -0.15) is 0 Å². The molecule has 0 unspecified atom stereocenters. The Labute approximate surface area is 194 Å². The molecule has 0 atom stereocenters. The quantitative estimate of drug-likeness (QED) is 0.537. The number of rotatable bonds is 5. The SMILES string of the molecule is CCOCC.O=C([O-])OCc1ccccc1-c1ccccc1Br.[K+]. The largest absolute Gasteiger partial charge is 1.00 e. The van der Waals surface area contributed by atoms with Crippen LogP contribution in [0.4, 0.5) is 4.79 Å². The van der Waals surface area contributed by atoms with Gasteiger partial charge >= 0.3 is 51.4 Å². The summed E-state index contributed by atoms with van der Waals surface area (Å²) in [6.45, 7) is 5.65. The Kier molecular flexibility index (Phi) is 13.9. The first-order chi connectivity index (χ1) is 11.1. The third kappa shape index (κ3) is 8.76. The van der Waals surface area contributed by atoms with Gasteiger partial charge in [0.25, 0.3) is 6.16 Å². The van der Waals surface area contributed by atoms with Gasteiger partial charge in [-0.3, -0.25) is 0 Å². The summed E-state index contributed by atoms with van der Waals surface area (Å²) in [6.07, 6.45) is -1.52. The maximum absolute atomic E-state index is 10.3. The van der Waals surface area contributed by atoms with Crippen LogP contribution in [0.5, 0.6) is 0 Å². The molecule has 0 fully saturated rings. The number of carboxylic acid groups (broad SMARTS) is 1. The Morgan fingerprint density at radius 3 is 2.04 bits per heavy atom. The van der Waals surface area contributed by atoms with E-state index >= 15 is 0 Å². The first-order valence-corrected chi connectivity index (χ1v) is 8.13. The second kappa shape index (κ2) is 14.0. The van der Waals surface area contributed by atoms with E-state index in [0.29, 0.717) is 0 Å². The van der Waals surface area contributed by atoms with Crippen LogP contribution in [0.2, 0.25) is 0 Å². The van der Waals surface area contributed by atoms with Gasteiger partial charge in [0.2, 0.25) is 0 Å². The molecule has 0 aliphatic carbocycles. The molecule has 0 heterocycles.